The van der Waals surface area contributed by atoms with Crippen LogP contribution in [0.4, 0.5) is 11.4 Å². The van der Waals surface area contributed by atoms with Crippen LogP contribution in [-0.2, 0) is 9.59 Å². The molecule has 7 heteroatoms. The minimum Gasteiger partial charge on any atom is -0.324 e. The normalized spacial score (nSPS) is 17.2. The number of rotatable bonds is 3. The van der Waals surface area contributed by atoms with E-state index in [-0.39, 0.29) is 18.2 Å². The van der Waals surface area contributed by atoms with Gasteiger partial charge < -0.3 is 10.2 Å². The second kappa shape index (κ2) is 7.13. The Morgan fingerprint density at radius 2 is 1.96 bits per heavy atom. The molecule has 2 aromatic rings. The third-order valence-corrected chi connectivity index (χ3v) is 5.06. The summed E-state index contributed by atoms with van der Waals surface area (Å²) in [6.45, 7) is 0.325. The van der Waals surface area contributed by atoms with Crippen molar-refractivity contribution in [3.63, 3.8) is 0 Å². The van der Waals surface area contributed by atoms with E-state index >= 15 is 0 Å². The number of halogens is 3. The highest BCUT2D eigenvalue weighted by molar-refractivity contribution is 9.10. The molecular weight excluding hydrogens is 415 g/mol. The van der Waals surface area contributed by atoms with Gasteiger partial charge in [0.15, 0.2) is 0 Å². The Balaban J connectivity index is 1.75. The van der Waals surface area contributed by atoms with Gasteiger partial charge in [-0.1, -0.05) is 35.3 Å². The summed E-state index contributed by atoms with van der Waals surface area (Å²) in [6, 6.07) is 12.3. The minimum atomic E-state index is -0.445. The first-order chi connectivity index (χ1) is 11.5. The molecule has 0 aliphatic carbocycles. The third kappa shape index (κ3) is 3.58. The van der Waals surface area contributed by atoms with E-state index in [9.17, 15) is 9.59 Å². The Morgan fingerprint density at radius 1 is 1.21 bits per heavy atom. The SMILES string of the molecule is O=C(Nc1cc(Cl)ccc1Cl)C1CC(=O)N(c2ccccc2Br)C1. The first kappa shape index (κ1) is 17.3. The highest BCUT2D eigenvalue weighted by Crippen LogP contribution is 2.32. The van der Waals surface area contributed by atoms with Crippen LogP contribution in [0.1, 0.15) is 6.42 Å². The van der Waals surface area contributed by atoms with Crippen LogP contribution in [0.25, 0.3) is 0 Å². The number of carbonyl (C=O) groups is 2. The summed E-state index contributed by atoms with van der Waals surface area (Å²) in [6.07, 6.45) is 0.158. The maximum atomic E-state index is 12.5. The van der Waals surface area contributed by atoms with E-state index in [4.69, 9.17) is 23.2 Å². The molecule has 0 aromatic heterocycles. The number of nitrogens with one attached hydrogen (secondary N) is 1. The molecule has 1 atom stereocenters. The van der Waals surface area contributed by atoms with Gasteiger partial charge in [0.2, 0.25) is 11.8 Å². The number of benzene rings is 2. The Bertz CT molecular complexity index is 813. The van der Waals surface area contributed by atoms with Gasteiger partial charge in [-0.3, -0.25) is 9.59 Å². The van der Waals surface area contributed by atoms with Crippen molar-refractivity contribution in [3.05, 3.63) is 57.0 Å². The number of hydrogen-bond donors (Lipinski definition) is 1. The van der Waals surface area contributed by atoms with Crippen LogP contribution in [0.5, 0.6) is 0 Å². The zero-order valence-electron chi connectivity index (χ0n) is 12.4. The lowest BCUT2D eigenvalue weighted by atomic mass is 10.1. The lowest BCUT2D eigenvalue weighted by molar-refractivity contribution is -0.122. The Morgan fingerprint density at radius 3 is 2.71 bits per heavy atom. The van der Waals surface area contributed by atoms with Crippen molar-refractivity contribution in [1.29, 1.82) is 0 Å². The summed E-state index contributed by atoms with van der Waals surface area (Å²) in [7, 11) is 0. The van der Waals surface area contributed by atoms with Crippen molar-refractivity contribution in [2.75, 3.05) is 16.8 Å². The molecule has 1 aliphatic heterocycles. The molecule has 4 nitrogen and oxygen atoms in total. The molecular formula is C17H13BrCl2N2O2. The number of nitrogens with zero attached hydrogens (tertiary/aromatic N) is 1. The van der Waals surface area contributed by atoms with Crippen molar-refractivity contribution < 1.29 is 9.59 Å². The molecule has 124 valence electrons. The van der Waals surface area contributed by atoms with Crippen molar-refractivity contribution in [1.82, 2.24) is 0 Å². The average Bonchev–Trinajstić information content (AvgIpc) is 2.93. The standard InChI is InChI=1S/C17H13BrCl2N2O2/c18-12-3-1-2-4-15(12)22-9-10(7-16(22)23)17(24)21-14-8-11(19)5-6-13(14)20/h1-6,8,10H,7,9H2,(H,21,24). The van der Waals surface area contributed by atoms with Crippen molar-refractivity contribution in [2.24, 2.45) is 5.92 Å². The highest BCUT2D eigenvalue weighted by atomic mass is 79.9. The van der Waals surface area contributed by atoms with Crippen LogP contribution in [0.2, 0.25) is 10.0 Å². The molecule has 1 heterocycles. The Kier molecular flexibility index (Phi) is 5.13. The van der Waals surface area contributed by atoms with Crippen LogP contribution in [-0.4, -0.2) is 18.4 Å². The molecule has 1 unspecified atom stereocenters. The van der Waals surface area contributed by atoms with Crippen LogP contribution >= 0.6 is 39.1 Å². The predicted octanol–water partition coefficient (Wildman–Crippen LogP) is 4.75. The van der Waals surface area contributed by atoms with Gasteiger partial charge in [-0.15, -0.1) is 0 Å². The van der Waals surface area contributed by atoms with E-state index in [0.29, 0.717) is 22.3 Å². The first-order valence-electron chi connectivity index (χ1n) is 7.26. The van der Waals surface area contributed by atoms with Crippen molar-refractivity contribution in [3.8, 4) is 0 Å². The lowest BCUT2D eigenvalue weighted by Gasteiger charge is -2.18. The molecule has 1 saturated heterocycles. The van der Waals surface area contributed by atoms with Crippen LogP contribution in [0.3, 0.4) is 0 Å². The molecule has 1 aliphatic rings. The molecule has 1 fully saturated rings. The smallest absolute Gasteiger partial charge is 0.229 e. The average molecular weight is 428 g/mol. The summed E-state index contributed by atoms with van der Waals surface area (Å²) in [5.74, 6) is -0.777. The predicted molar refractivity (Wildman–Crippen MR) is 99.7 cm³/mol. The van der Waals surface area contributed by atoms with Crippen LogP contribution in [0, 0.1) is 5.92 Å². The molecule has 0 bridgehead atoms. The number of amides is 2. The van der Waals surface area contributed by atoms with Crippen LogP contribution in [0.15, 0.2) is 46.9 Å². The second-order valence-corrected chi connectivity index (χ2v) is 7.17. The van der Waals surface area contributed by atoms with Gasteiger partial charge >= 0.3 is 0 Å². The monoisotopic (exact) mass is 426 g/mol. The molecule has 2 aromatic carbocycles. The molecule has 1 N–H and O–H groups in total. The third-order valence-electron chi connectivity index (χ3n) is 3.83. The van der Waals surface area contributed by atoms with Gasteiger partial charge in [0, 0.05) is 22.5 Å². The maximum Gasteiger partial charge on any atom is 0.229 e. The number of hydrogen-bond acceptors (Lipinski definition) is 2. The van der Waals surface area contributed by atoms with E-state index < -0.39 is 5.92 Å². The van der Waals surface area contributed by atoms with Crippen molar-refractivity contribution in [2.45, 2.75) is 6.42 Å². The largest absolute Gasteiger partial charge is 0.324 e. The van der Waals surface area contributed by atoms with E-state index in [2.05, 4.69) is 21.2 Å². The fourth-order valence-corrected chi connectivity index (χ4v) is 3.45. The molecule has 0 saturated carbocycles. The van der Waals surface area contributed by atoms with E-state index in [1.165, 1.54) is 0 Å². The fraction of sp³-hybridized carbons (Fsp3) is 0.176. The number of anilines is 2. The van der Waals surface area contributed by atoms with Crippen LogP contribution < -0.4 is 10.2 Å². The van der Waals surface area contributed by atoms with Crippen molar-refractivity contribution >= 4 is 62.3 Å². The van der Waals surface area contributed by atoms with Gasteiger partial charge in [0.1, 0.15) is 0 Å². The number of carbonyl (C=O) groups excluding carboxylic acids is 2. The zero-order valence-corrected chi connectivity index (χ0v) is 15.5. The second-order valence-electron chi connectivity index (χ2n) is 5.47. The Hall–Kier alpha value is -1.56. The lowest BCUT2D eigenvalue weighted by Crippen LogP contribution is -2.28. The molecule has 3 rings (SSSR count). The molecule has 2 amide bonds. The van der Waals surface area contributed by atoms with Gasteiger partial charge in [-0.2, -0.15) is 0 Å². The maximum absolute atomic E-state index is 12.5. The zero-order chi connectivity index (χ0) is 17.3. The summed E-state index contributed by atoms with van der Waals surface area (Å²) >= 11 is 15.4. The summed E-state index contributed by atoms with van der Waals surface area (Å²) in [4.78, 5) is 26.4. The van der Waals surface area contributed by atoms with Gasteiger partial charge in [-0.05, 0) is 46.3 Å². The fourth-order valence-electron chi connectivity index (χ4n) is 2.61. The Labute approximate surface area is 157 Å². The van der Waals surface area contributed by atoms with E-state index in [0.717, 1.165) is 10.2 Å². The quantitative estimate of drug-likeness (QED) is 0.768. The van der Waals surface area contributed by atoms with Gasteiger partial charge in [0.25, 0.3) is 0 Å². The molecule has 0 spiro atoms. The highest BCUT2D eigenvalue weighted by Gasteiger charge is 2.36. The number of para-hydroxylation sites is 1. The minimum absolute atomic E-state index is 0.0840. The molecule has 24 heavy (non-hydrogen) atoms. The van der Waals surface area contributed by atoms with Gasteiger partial charge in [0.05, 0.1) is 22.3 Å². The van der Waals surface area contributed by atoms with E-state index in [1.807, 2.05) is 24.3 Å². The molecule has 0 radical (unpaired) electrons. The summed E-state index contributed by atoms with van der Waals surface area (Å²) in [5.41, 5.74) is 1.21. The first-order valence-corrected chi connectivity index (χ1v) is 8.81. The summed E-state index contributed by atoms with van der Waals surface area (Å²) in [5, 5.41) is 3.64. The van der Waals surface area contributed by atoms with Gasteiger partial charge in [-0.25, -0.2) is 0 Å². The summed E-state index contributed by atoms with van der Waals surface area (Å²) < 4.78 is 0.817. The topological polar surface area (TPSA) is 49.4 Å². The van der Waals surface area contributed by atoms with E-state index in [1.54, 1.807) is 23.1 Å².